The van der Waals surface area contributed by atoms with Crippen LogP contribution in [-0.4, -0.2) is 59.4 Å². The molecule has 2 heterocycles. The van der Waals surface area contributed by atoms with Crippen molar-refractivity contribution in [3.63, 3.8) is 0 Å². The molecule has 2 aliphatic rings. The van der Waals surface area contributed by atoms with E-state index in [4.69, 9.17) is 5.73 Å². The summed E-state index contributed by atoms with van der Waals surface area (Å²) in [6, 6.07) is 20.8. The van der Waals surface area contributed by atoms with Crippen LogP contribution in [0.4, 0.5) is 5.69 Å². The van der Waals surface area contributed by atoms with Crippen LogP contribution in [0.15, 0.2) is 79.3 Å². The normalized spacial score (nSPS) is 18.4. The third kappa shape index (κ3) is 9.38. The van der Waals surface area contributed by atoms with Gasteiger partial charge in [0.1, 0.15) is 6.04 Å². The molecule has 1 aromatic heterocycles. The van der Waals surface area contributed by atoms with E-state index in [1.807, 2.05) is 79.9 Å². The number of amides is 3. The number of aromatic nitrogens is 2. The van der Waals surface area contributed by atoms with Crippen LogP contribution in [0.2, 0.25) is 0 Å². The van der Waals surface area contributed by atoms with Crippen LogP contribution >= 0.6 is 12.4 Å². The summed E-state index contributed by atoms with van der Waals surface area (Å²) in [7, 11) is 0. The van der Waals surface area contributed by atoms with Gasteiger partial charge in [0.15, 0.2) is 0 Å². The zero-order valence-electron chi connectivity index (χ0n) is 28.5. The molecule has 0 bridgehead atoms. The van der Waals surface area contributed by atoms with Crippen LogP contribution in [0.25, 0.3) is 22.4 Å². The molecular formula is C39H48ClN7O3. The Balaban J connectivity index is 0.00000486. The van der Waals surface area contributed by atoms with Gasteiger partial charge in [-0.3, -0.25) is 14.4 Å². The van der Waals surface area contributed by atoms with Crippen molar-refractivity contribution in [2.45, 2.75) is 64.0 Å². The van der Waals surface area contributed by atoms with E-state index in [0.717, 1.165) is 85.1 Å². The van der Waals surface area contributed by atoms with E-state index in [1.165, 1.54) is 0 Å². The molecule has 6 rings (SSSR count). The largest absolute Gasteiger partial charge is 0.351 e. The number of carbonyl (C=O) groups is 3. The van der Waals surface area contributed by atoms with Crippen LogP contribution in [0, 0.1) is 18.8 Å². The second kappa shape index (κ2) is 17.4. The quantitative estimate of drug-likeness (QED) is 0.124. The van der Waals surface area contributed by atoms with Crippen LogP contribution in [0.1, 0.15) is 60.0 Å². The molecule has 1 aliphatic carbocycles. The molecule has 0 spiro atoms. The number of nitrogens with one attached hydrogen (secondary N) is 5. The third-order valence-electron chi connectivity index (χ3n) is 10.00. The average Bonchev–Trinajstić information content (AvgIpc) is 3.68. The summed E-state index contributed by atoms with van der Waals surface area (Å²) in [6.45, 7) is 4.51. The zero-order valence-corrected chi connectivity index (χ0v) is 29.4. The fourth-order valence-corrected chi connectivity index (χ4v) is 6.95. The number of hydrogen-bond donors (Lipinski definition) is 6. The van der Waals surface area contributed by atoms with Gasteiger partial charge < -0.3 is 32.0 Å². The lowest BCUT2D eigenvalue weighted by Gasteiger charge is -2.28. The van der Waals surface area contributed by atoms with Gasteiger partial charge in [0.2, 0.25) is 11.8 Å². The highest BCUT2D eigenvalue weighted by atomic mass is 35.5. The van der Waals surface area contributed by atoms with Gasteiger partial charge in [0, 0.05) is 41.4 Å². The molecule has 1 atom stereocenters. The van der Waals surface area contributed by atoms with Crippen molar-refractivity contribution in [1.29, 1.82) is 0 Å². The molecule has 3 amide bonds. The van der Waals surface area contributed by atoms with Gasteiger partial charge in [0.05, 0.1) is 12.0 Å². The number of nitrogens with two attached hydrogens (primary N) is 1. The van der Waals surface area contributed by atoms with Crippen molar-refractivity contribution >= 4 is 35.8 Å². The fraction of sp³-hybridized carbons (Fsp3) is 0.385. The number of imidazole rings is 1. The maximum absolute atomic E-state index is 13.7. The molecule has 0 unspecified atom stereocenters. The predicted octanol–water partition coefficient (Wildman–Crippen LogP) is 5.39. The number of aryl methyl sites for hydroxylation is 1. The lowest BCUT2D eigenvalue weighted by atomic mass is 9.81. The lowest BCUT2D eigenvalue weighted by molar-refractivity contribution is -0.130. The minimum Gasteiger partial charge on any atom is -0.351 e. The van der Waals surface area contributed by atoms with Gasteiger partial charge in [-0.2, -0.15) is 0 Å². The number of nitrogens with zero attached hydrogens (tertiary/aromatic N) is 1. The molecule has 10 nitrogen and oxygen atoms in total. The second-order valence-electron chi connectivity index (χ2n) is 13.5. The molecule has 1 saturated heterocycles. The number of aromatic amines is 1. The molecule has 4 aromatic rings. The number of H-pyrrole nitrogens is 1. The maximum Gasteiger partial charge on any atom is 0.251 e. The highest BCUT2D eigenvalue weighted by Gasteiger charge is 2.29. The molecule has 1 saturated carbocycles. The van der Waals surface area contributed by atoms with E-state index in [2.05, 4.69) is 31.2 Å². The summed E-state index contributed by atoms with van der Waals surface area (Å²) in [4.78, 5) is 47.3. The number of rotatable bonds is 11. The first-order valence-electron chi connectivity index (χ1n) is 17.5. The van der Waals surface area contributed by atoms with Gasteiger partial charge in [-0.05, 0) is 118 Å². The Morgan fingerprint density at radius 3 is 2.24 bits per heavy atom. The van der Waals surface area contributed by atoms with E-state index >= 15 is 0 Å². The van der Waals surface area contributed by atoms with Gasteiger partial charge >= 0.3 is 0 Å². The summed E-state index contributed by atoms with van der Waals surface area (Å²) in [6.07, 6.45) is 9.09. The lowest BCUT2D eigenvalue weighted by Crippen LogP contribution is -2.48. The van der Waals surface area contributed by atoms with E-state index < -0.39 is 6.04 Å². The van der Waals surface area contributed by atoms with E-state index in [-0.39, 0.29) is 42.1 Å². The average molecular weight is 698 g/mol. The van der Waals surface area contributed by atoms with Crippen LogP contribution in [0.5, 0.6) is 0 Å². The van der Waals surface area contributed by atoms with E-state index in [1.54, 1.807) is 6.33 Å². The Morgan fingerprint density at radius 2 is 1.60 bits per heavy atom. The number of piperidine rings is 1. The smallest absolute Gasteiger partial charge is 0.251 e. The molecule has 3 aromatic carbocycles. The van der Waals surface area contributed by atoms with Crippen LogP contribution < -0.4 is 27.0 Å². The standard InChI is InChI=1S/C39H47N7O3.ClH/c1-25-20-31(38(48)44-33-16-18-41-19-17-33)12-15-34(25)28-6-2-26(3-7-28)21-35(46-37(47)30-8-4-27(22-40)5-9-30)39(49)45-32-13-10-29(11-14-32)36-23-42-24-43-36;/h2-3,6-7,10-15,20,23-24,27,30,33,35,41H,4-5,8-9,16-19,21-22,40H2,1H3,(H,42,43)(H,44,48)(H,45,49)(H,46,47);1H/t27-,30-,35-;/m0./s1. The van der Waals surface area contributed by atoms with E-state index in [0.29, 0.717) is 30.1 Å². The third-order valence-corrected chi connectivity index (χ3v) is 10.00. The molecular weight excluding hydrogens is 650 g/mol. The summed E-state index contributed by atoms with van der Waals surface area (Å²) >= 11 is 0. The molecule has 1 aliphatic heterocycles. The number of carbonyl (C=O) groups excluding carboxylic acids is 3. The van der Waals surface area contributed by atoms with Crippen LogP contribution in [0.3, 0.4) is 0 Å². The summed E-state index contributed by atoms with van der Waals surface area (Å²) < 4.78 is 0. The van der Waals surface area contributed by atoms with Crippen LogP contribution in [-0.2, 0) is 16.0 Å². The fourth-order valence-electron chi connectivity index (χ4n) is 6.95. The Kier molecular flexibility index (Phi) is 12.8. The number of anilines is 1. The summed E-state index contributed by atoms with van der Waals surface area (Å²) in [5.41, 5.74) is 12.9. The van der Waals surface area contributed by atoms with Crippen molar-refractivity contribution in [2.24, 2.45) is 17.6 Å². The van der Waals surface area contributed by atoms with Gasteiger partial charge in [-0.15, -0.1) is 12.4 Å². The Bertz CT molecular complexity index is 1710. The van der Waals surface area contributed by atoms with Gasteiger partial charge in [-0.25, -0.2) is 4.98 Å². The van der Waals surface area contributed by atoms with E-state index in [9.17, 15) is 14.4 Å². The highest BCUT2D eigenvalue weighted by molar-refractivity contribution is 5.98. The van der Waals surface area contributed by atoms with Crippen molar-refractivity contribution in [2.75, 3.05) is 25.0 Å². The predicted molar refractivity (Wildman–Crippen MR) is 200 cm³/mol. The topological polar surface area (TPSA) is 154 Å². The minimum atomic E-state index is -0.754. The van der Waals surface area contributed by atoms with Crippen molar-refractivity contribution in [1.82, 2.24) is 25.9 Å². The molecule has 11 heteroatoms. The molecule has 2 fully saturated rings. The zero-order chi connectivity index (χ0) is 34.2. The Morgan fingerprint density at radius 1 is 0.900 bits per heavy atom. The Labute approximate surface area is 300 Å². The number of hydrogen-bond acceptors (Lipinski definition) is 6. The van der Waals surface area contributed by atoms with Crippen molar-refractivity contribution < 1.29 is 14.4 Å². The SMILES string of the molecule is Cc1cc(C(=O)NC2CCNCC2)ccc1-c1ccc(C[C@H](NC(=O)[C@H]2CC[C@H](CN)CC2)C(=O)Nc2ccc(-c3c[nH]cn3)cc2)cc1.Cl. The molecule has 7 N–H and O–H groups in total. The summed E-state index contributed by atoms with van der Waals surface area (Å²) in [5.74, 6) is -0.0520. The van der Waals surface area contributed by atoms with Gasteiger partial charge in [-0.1, -0.05) is 42.5 Å². The van der Waals surface area contributed by atoms with Gasteiger partial charge in [0.25, 0.3) is 5.91 Å². The number of benzene rings is 3. The minimum absolute atomic E-state index is 0. The van der Waals surface area contributed by atoms with Crippen molar-refractivity contribution in [3.8, 4) is 22.4 Å². The Hall–Kier alpha value is -4.51. The first kappa shape index (κ1) is 36.8. The molecule has 0 radical (unpaired) electrons. The number of halogens is 1. The maximum atomic E-state index is 13.7. The molecule has 264 valence electrons. The monoisotopic (exact) mass is 697 g/mol. The molecule has 50 heavy (non-hydrogen) atoms. The highest BCUT2D eigenvalue weighted by Crippen LogP contribution is 2.29. The second-order valence-corrected chi connectivity index (χ2v) is 13.5. The summed E-state index contributed by atoms with van der Waals surface area (Å²) in [5, 5.41) is 12.6. The van der Waals surface area contributed by atoms with Crippen molar-refractivity contribution in [3.05, 3.63) is 95.9 Å². The first-order valence-corrected chi connectivity index (χ1v) is 17.5. The first-order chi connectivity index (χ1) is 23.9.